The van der Waals surface area contributed by atoms with Crippen molar-refractivity contribution < 1.29 is 25.8 Å². The van der Waals surface area contributed by atoms with Gasteiger partial charge >= 0.3 is 25.8 Å². The molecule has 30 heavy (non-hydrogen) atoms. The van der Waals surface area contributed by atoms with Crippen LogP contribution in [0, 0.1) is 77.0 Å². The van der Waals surface area contributed by atoms with Crippen molar-refractivity contribution in [3.8, 4) is 0 Å². The molecule has 4 rings (SSSR count). The van der Waals surface area contributed by atoms with Crippen molar-refractivity contribution in [3.05, 3.63) is 41.9 Å². The summed E-state index contributed by atoms with van der Waals surface area (Å²) in [5, 5.41) is 0. The molecule has 0 N–H and O–H groups in total. The minimum atomic E-state index is -1.30. The molecule has 0 saturated heterocycles. The van der Waals surface area contributed by atoms with Crippen LogP contribution < -0.4 is 0 Å². The smallest absolute Gasteiger partial charge is 0.358 e. The molecular formula is C28H54HfSi. The van der Waals surface area contributed by atoms with E-state index in [1.54, 1.807) is 12.8 Å². The second-order valence-electron chi connectivity index (χ2n) is 11.2. The molecular weight excluding hydrogens is 543 g/mol. The summed E-state index contributed by atoms with van der Waals surface area (Å²) in [6.45, 7) is 16.2. The molecule has 0 aromatic carbocycles. The Morgan fingerprint density at radius 3 is 1.50 bits per heavy atom. The summed E-state index contributed by atoms with van der Waals surface area (Å²) < 4.78 is 0. The number of fused-ring (bicyclic) bond motifs is 2. The fourth-order valence-corrected chi connectivity index (χ4v) is 15.8. The number of allylic oxidation sites excluding steroid dienone is 2. The molecule has 4 aliphatic rings. The summed E-state index contributed by atoms with van der Waals surface area (Å²) in [5.74, 6) is 8.03. The van der Waals surface area contributed by atoms with Gasteiger partial charge < -0.3 is 29.7 Å². The van der Waals surface area contributed by atoms with Gasteiger partial charge in [0.1, 0.15) is 0 Å². The van der Waals surface area contributed by atoms with Crippen molar-refractivity contribution in [2.45, 2.75) is 90.4 Å². The van der Waals surface area contributed by atoms with E-state index in [-0.39, 0.29) is 55.5 Å². The molecule has 174 valence electrons. The molecule has 0 aliphatic heterocycles. The summed E-state index contributed by atoms with van der Waals surface area (Å²) in [5.41, 5.74) is 2.16. The Hall–Kier alpha value is 0.827. The SMILES string of the molecule is CC1C(C)C([Si](C)(C)C2C(C)C(C)C3CCCCC32)C2CC=CCC12.[CH3-].[CH3-].[CH3-].[CH3-].[Hf+4]. The van der Waals surface area contributed by atoms with Crippen LogP contribution in [0.3, 0.4) is 0 Å². The molecule has 0 aromatic rings. The van der Waals surface area contributed by atoms with Gasteiger partial charge in [0.2, 0.25) is 0 Å². The first-order chi connectivity index (χ1) is 11.9. The quantitative estimate of drug-likeness (QED) is 0.169. The molecule has 10 unspecified atom stereocenters. The third-order valence-corrected chi connectivity index (χ3v) is 15.5. The van der Waals surface area contributed by atoms with Gasteiger partial charge in [0.05, 0.1) is 8.07 Å². The van der Waals surface area contributed by atoms with Crippen molar-refractivity contribution >= 4 is 8.07 Å². The normalized spacial score (nSPS) is 44.1. The van der Waals surface area contributed by atoms with Gasteiger partial charge in [-0.15, -0.1) is 0 Å². The third kappa shape index (κ3) is 5.00. The first-order valence-corrected chi connectivity index (χ1v) is 14.7. The van der Waals surface area contributed by atoms with Crippen LogP contribution in [-0.4, -0.2) is 8.07 Å². The van der Waals surface area contributed by atoms with Crippen LogP contribution >= 0.6 is 0 Å². The van der Waals surface area contributed by atoms with Gasteiger partial charge in [0.15, 0.2) is 0 Å². The van der Waals surface area contributed by atoms with Crippen molar-refractivity contribution in [2.75, 3.05) is 0 Å². The number of hydrogen-bond donors (Lipinski definition) is 0. The summed E-state index contributed by atoms with van der Waals surface area (Å²) in [4.78, 5) is 0. The van der Waals surface area contributed by atoms with Gasteiger partial charge in [0, 0.05) is 0 Å². The van der Waals surface area contributed by atoms with E-state index in [9.17, 15) is 0 Å². The molecule has 2 heteroatoms. The Balaban J connectivity index is 0. The zero-order valence-electron chi connectivity index (χ0n) is 22.2. The summed E-state index contributed by atoms with van der Waals surface area (Å²) in [6.07, 6.45) is 13.9. The molecule has 0 nitrogen and oxygen atoms in total. The van der Waals surface area contributed by atoms with E-state index in [0.29, 0.717) is 0 Å². The van der Waals surface area contributed by atoms with E-state index in [4.69, 9.17) is 0 Å². The van der Waals surface area contributed by atoms with Gasteiger partial charge in [-0.2, -0.15) is 0 Å². The maximum Gasteiger partial charge on any atom is 4.00 e. The van der Waals surface area contributed by atoms with E-state index < -0.39 is 8.07 Å². The molecule has 3 fully saturated rings. The zero-order chi connectivity index (χ0) is 17.9. The maximum atomic E-state index is 2.84. The van der Waals surface area contributed by atoms with Crippen LogP contribution in [0.1, 0.15) is 66.2 Å². The topological polar surface area (TPSA) is 0 Å². The van der Waals surface area contributed by atoms with Crippen LogP contribution in [0.4, 0.5) is 0 Å². The monoisotopic (exact) mass is 598 g/mol. The second kappa shape index (κ2) is 12.3. The van der Waals surface area contributed by atoms with Gasteiger partial charge in [-0.25, -0.2) is 0 Å². The Labute approximate surface area is 212 Å². The molecule has 0 bridgehead atoms. The minimum absolute atomic E-state index is 0. The van der Waals surface area contributed by atoms with Crippen LogP contribution in [0.2, 0.25) is 24.2 Å². The second-order valence-corrected chi connectivity index (χ2v) is 16.2. The van der Waals surface area contributed by atoms with Gasteiger partial charge in [-0.3, -0.25) is 0 Å². The van der Waals surface area contributed by atoms with Crippen molar-refractivity contribution in [1.82, 2.24) is 0 Å². The predicted molar refractivity (Wildman–Crippen MR) is 138 cm³/mol. The van der Waals surface area contributed by atoms with Crippen LogP contribution in [0.5, 0.6) is 0 Å². The number of hydrogen-bond acceptors (Lipinski definition) is 0. The Kier molecular flexibility index (Phi) is 13.6. The van der Waals surface area contributed by atoms with Crippen molar-refractivity contribution in [1.29, 1.82) is 0 Å². The molecule has 10 atom stereocenters. The molecule has 3 saturated carbocycles. The molecule has 0 aromatic heterocycles. The first-order valence-electron chi connectivity index (χ1n) is 11.5. The van der Waals surface area contributed by atoms with Crippen LogP contribution in [-0.2, 0) is 25.8 Å². The van der Waals surface area contributed by atoms with E-state index in [1.807, 2.05) is 0 Å². The van der Waals surface area contributed by atoms with Gasteiger partial charge in [0.25, 0.3) is 0 Å². The standard InChI is InChI=1S/C24H42Si.4CH3.Hf/c1-15-17(3)23(21-13-9-7-11-19(15)21)25(5,6)24-18(4)16(2)20-12-8-10-14-22(20)24;;;;;/h7,9,15-24H,8,10-14H2,1-6H3;4*1H3;/q;4*-1;+4. The summed E-state index contributed by atoms with van der Waals surface area (Å²) >= 11 is 0. The summed E-state index contributed by atoms with van der Waals surface area (Å²) in [7, 11) is -1.30. The van der Waals surface area contributed by atoms with Gasteiger partial charge in [-0.05, 0) is 77.7 Å². The summed E-state index contributed by atoms with van der Waals surface area (Å²) in [6, 6.07) is 0. The average Bonchev–Trinajstić information content (AvgIpc) is 3.01. The molecule has 0 radical (unpaired) electrons. The van der Waals surface area contributed by atoms with E-state index in [2.05, 4.69) is 52.9 Å². The molecule has 4 aliphatic carbocycles. The fraction of sp³-hybridized carbons (Fsp3) is 0.786. The third-order valence-electron chi connectivity index (χ3n) is 10.2. The van der Waals surface area contributed by atoms with E-state index in [1.165, 1.54) is 25.7 Å². The predicted octanol–water partition coefficient (Wildman–Crippen LogP) is 9.19. The Morgan fingerprint density at radius 2 is 0.967 bits per heavy atom. The minimum Gasteiger partial charge on any atom is -0.358 e. The van der Waals surface area contributed by atoms with Crippen LogP contribution in [0.25, 0.3) is 0 Å². The van der Waals surface area contributed by atoms with Crippen LogP contribution in [0.15, 0.2) is 12.2 Å². The number of rotatable bonds is 2. The molecule has 0 amide bonds. The van der Waals surface area contributed by atoms with Crippen molar-refractivity contribution in [3.63, 3.8) is 0 Å². The largest absolute Gasteiger partial charge is 4.00 e. The zero-order valence-corrected chi connectivity index (χ0v) is 26.8. The fourth-order valence-electron chi connectivity index (χ4n) is 9.06. The van der Waals surface area contributed by atoms with E-state index >= 15 is 0 Å². The van der Waals surface area contributed by atoms with E-state index in [0.717, 1.165) is 58.4 Å². The van der Waals surface area contributed by atoms with Crippen molar-refractivity contribution in [2.24, 2.45) is 47.3 Å². The molecule has 0 heterocycles. The maximum absolute atomic E-state index is 2.84. The van der Waals surface area contributed by atoms with Gasteiger partial charge in [-0.1, -0.05) is 72.2 Å². The average molecular weight is 597 g/mol. The Morgan fingerprint density at radius 1 is 0.567 bits per heavy atom. The first kappa shape index (κ1) is 33.0. The molecule has 0 spiro atoms. The Bertz CT molecular complexity index is 527.